The van der Waals surface area contributed by atoms with Gasteiger partial charge in [0.2, 0.25) is 0 Å². The van der Waals surface area contributed by atoms with Crippen LogP contribution in [0.3, 0.4) is 0 Å². The van der Waals surface area contributed by atoms with Gasteiger partial charge in [-0.25, -0.2) is 5.48 Å². The molecule has 0 saturated heterocycles. The van der Waals surface area contributed by atoms with Gasteiger partial charge in [0.15, 0.2) is 0 Å². The first-order valence-electron chi connectivity index (χ1n) is 3.31. The fourth-order valence-corrected chi connectivity index (χ4v) is 0.516. The van der Waals surface area contributed by atoms with Gasteiger partial charge < -0.3 is 5.21 Å². The second-order valence-corrected chi connectivity index (χ2v) is 2.37. The van der Waals surface area contributed by atoms with Crippen molar-refractivity contribution in [1.82, 2.24) is 5.48 Å². The minimum Gasteiger partial charge on any atom is -0.317 e. The summed E-state index contributed by atoms with van der Waals surface area (Å²) in [6.45, 7) is 4.90. The number of hydrogen-bond acceptors (Lipinski definition) is 2. The summed E-state index contributed by atoms with van der Waals surface area (Å²) in [4.78, 5) is 0. The Bertz CT molecular complexity index is 79.0. The van der Waals surface area contributed by atoms with Gasteiger partial charge in [-0.1, -0.05) is 26.0 Å². The van der Waals surface area contributed by atoms with Crippen LogP contribution in [-0.4, -0.2) is 11.8 Å². The minimum atomic E-state index is 0.615. The molecule has 0 rings (SSSR count). The van der Waals surface area contributed by atoms with E-state index in [1.165, 1.54) is 0 Å². The van der Waals surface area contributed by atoms with Crippen LogP contribution < -0.4 is 5.48 Å². The van der Waals surface area contributed by atoms with Crippen molar-refractivity contribution in [2.24, 2.45) is 5.92 Å². The maximum absolute atomic E-state index is 8.15. The Labute approximate surface area is 56.5 Å². The molecule has 0 spiro atoms. The first kappa shape index (κ1) is 8.66. The van der Waals surface area contributed by atoms with Gasteiger partial charge in [0.05, 0.1) is 0 Å². The van der Waals surface area contributed by atoms with Crippen LogP contribution in [0.5, 0.6) is 0 Å². The third-order valence-electron chi connectivity index (χ3n) is 0.944. The summed E-state index contributed by atoms with van der Waals surface area (Å²) in [6.07, 6.45) is 5.08. The highest BCUT2D eigenvalue weighted by atomic mass is 16.5. The molecule has 0 amide bonds. The van der Waals surface area contributed by atoms with E-state index in [-0.39, 0.29) is 0 Å². The zero-order valence-electron chi connectivity index (χ0n) is 6.09. The van der Waals surface area contributed by atoms with E-state index < -0.39 is 0 Å². The lowest BCUT2D eigenvalue weighted by Gasteiger charge is -1.93. The maximum Gasteiger partial charge on any atom is 0.0242 e. The molecule has 9 heavy (non-hydrogen) atoms. The number of allylic oxidation sites excluding steroid dienone is 1. The van der Waals surface area contributed by atoms with Crippen LogP contribution >= 0.6 is 0 Å². The highest BCUT2D eigenvalue weighted by Gasteiger charge is 1.81. The van der Waals surface area contributed by atoms with E-state index >= 15 is 0 Å². The van der Waals surface area contributed by atoms with E-state index in [9.17, 15) is 0 Å². The third-order valence-corrected chi connectivity index (χ3v) is 0.944. The second-order valence-electron chi connectivity index (χ2n) is 2.37. The molecule has 2 N–H and O–H groups in total. The molecule has 0 aliphatic heterocycles. The first-order valence-corrected chi connectivity index (χ1v) is 3.31. The maximum atomic E-state index is 8.15. The lowest BCUT2D eigenvalue weighted by Crippen LogP contribution is -2.06. The van der Waals surface area contributed by atoms with Crippen LogP contribution in [0.15, 0.2) is 12.2 Å². The lowest BCUT2D eigenvalue weighted by atomic mass is 10.2. The van der Waals surface area contributed by atoms with Crippen molar-refractivity contribution in [3.63, 3.8) is 0 Å². The average molecular weight is 129 g/mol. The number of hydroxylamine groups is 1. The molecule has 0 radical (unpaired) electrons. The van der Waals surface area contributed by atoms with E-state index in [1.807, 2.05) is 0 Å². The molecule has 0 atom stereocenters. The van der Waals surface area contributed by atoms with Gasteiger partial charge in [-0.3, -0.25) is 0 Å². The van der Waals surface area contributed by atoms with Crippen molar-refractivity contribution in [3.8, 4) is 0 Å². The molecule has 0 aliphatic carbocycles. The molecule has 2 nitrogen and oxygen atoms in total. The molecular weight excluding hydrogens is 114 g/mol. The Morgan fingerprint density at radius 2 is 2.22 bits per heavy atom. The van der Waals surface area contributed by atoms with Crippen molar-refractivity contribution < 1.29 is 5.21 Å². The molecule has 0 bridgehead atoms. The average Bonchev–Trinajstić information content (AvgIpc) is 1.80. The topological polar surface area (TPSA) is 32.3 Å². The van der Waals surface area contributed by atoms with Crippen LogP contribution in [-0.2, 0) is 0 Å². The molecule has 2 heteroatoms. The normalized spacial score (nSPS) is 11.6. The summed E-state index contributed by atoms with van der Waals surface area (Å²) in [5.41, 5.74) is 2.09. The van der Waals surface area contributed by atoms with Gasteiger partial charge in [0.25, 0.3) is 0 Å². The lowest BCUT2D eigenvalue weighted by molar-refractivity contribution is 0.169. The summed E-state index contributed by atoms with van der Waals surface area (Å²) >= 11 is 0. The highest BCUT2D eigenvalue weighted by molar-refractivity contribution is 4.84. The minimum absolute atomic E-state index is 0.615. The van der Waals surface area contributed by atoms with Crippen molar-refractivity contribution in [2.75, 3.05) is 6.54 Å². The Hall–Kier alpha value is -0.340. The van der Waals surface area contributed by atoms with Gasteiger partial charge in [-0.05, 0) is 12.3 Å². The van der Waals surface area contributed by atoms with Gasteiger partial charge in [-0.15, -0.1) is 0 Å². The fourth-order valence-electron chi connectivity index (χ4n) is 0.516. The van der Waals surface area contributed by atoms with Gasteiger partial charge in [0, 0.05) is 6.54 Å². The summed E-state index contributed by atoms with van der Waals surface area (Å²) in [5, 5.41) is 8.15. The molecule has 0 heterocycles. The number of nitrogens with one attached hydrogen (secondary N) is 1. The van der Waals surface area contributed by atoms with Gasteiger partial charge >= 0.3 is 0 Å². The van der Waals surface area contributed by atoms with E-state index in [0.717, 1.165) is 6.42 Å². The molecular formula is C7H15NO. The zero-order valence-corrected chi connectivity index (χ0v) is 6.09. The van der Waals surface area contributed by atoms with Gasteiger partial charge in [-0.2, -0.15) is 0 Å². The molecule has 0 saturated carbocycles. The Morgan fingerprint density at radius 3 is 2.67 bits per heavy atom. The van der Waals surface area contributed by atoms with Crippen molar-refractivity contribution in [1.29, 1.82) is 0 Å². The Morgan fingerprint density at radius 1 is 1.56 bits per heavy atom. The van der Waals surface area contributed by atoms with E-state index in [4.69, 9.17) is 5.21 Å². The van der Waals surface area contributed by atoms with Crippen LogP contribution in [0.4, 0.5) is 0 Å². The van der Waals surface area contributed by atoms with Crippen LogP contribution in [0.2, 0.25) is 0 Å². The van der Waals surface area contributed by atoms with E-state index in [2.05, 4.69) is 31.5 Å². The van der Waals surface area contributed by atoms with E-state index in [0.29, 0.717) is 12.5 Å². The molecule has 0 unspecified atom stereocenters. The zero-order chi connectivity index (χ0) is 7.11. The van der Waals surface area contributed by atoms with Crippen LogP contribution in [0.1, 0.15) is 20.3 Å². The third kappa shape index (κ3) is 7.66. The SMILES string of the molecule is CC(C)/C=C/CCNO. The Balaban J connectivity index is 3.04. The predicted octanol–water partition coefficient (Wildman–Crippen LogP) is 1.57. The van der Waals surface area contributed by atoms with Crippen molar-refractivity contribution in [3.05, 3.63) is 12.2 Å². The summed E-state index contributed by atoms with van der Waals surface area (Å²) in [7, 11) is 0. The smallest absolute Gasteiger partial charge is 0.0242 e. The van der Waals surface area contributed by atoms with Crippen LogP contribution in [0.25, 0.3) is 0 Å². The predicted molar refractivity (Wildman–Crippen MR) is 38.4 cm³/mol. The fraction of sp³-hybridized carbons (Fsp3) is 0.714. The monoisotopic (exact) mass is 129 g/mol. The summed E-state index contributed by atoms with van der Waals surface area (Å²) in [5.74, 6) is 0.615. The molecule has 0 aliphatic rings. The highest BCUT2D eigenvalue weighted by Crippen LogP contribution is 1.93. The molecule has 0 aromatic rings. The Kier molecular flexibility index (Phi) is 5.57. The second kappa shape index (κ2) is 5.79. The summed E-state index contributed by atoms with van der Waals surface area (Å²) < 4.78 is 0. The van der Waals surface area contributed by atoms with Crippen molar-refractivity contribution >= 4 is 0 Å². The standard InChI is InChI=1S/C7H15NO/c1-7(2)5-3-4-6-8-9/h3,5,7-9H,4,6H2,1-2H3/b5-3+. The summed E-state index contributed by atoms with van der Waals surface area (Å²) in [6, 6.07) is 0. The molecule has 0 aromatic carbocycles. The quantitative estimate of drug-likeness (QED) is 0.343. The number of hydrogen-bond donors (Lipinski definition) is 2. The van der Waals surface area contributed by atoms with Crippen molar-refractivity contribution in [2.45, 2.75) is 20.3 Å². The van der Waals surface area contributed by atoms with Crippen LogP contribution in [0, 0.1) is 5.92 Å². The molecule has 0 aromatic heterocycles. The van der Waals surface area contributed by atoms with E-state index in [1.54, 1.807) is 0 Å². The molecule has 54 valence electrons. The first-order chi connectivity index (χ1) is 4.27. The largest absolute Gasteiger partial charge is 0.317 e. The molecule has 0 fully saturated rings. The van der Waals surface area contributed by atoms with Gasteiger partial charge in [0.1, 0.15) is 0 Å². The number of rotatable bonds is 4.